The molecule has 1 aliphatic carbocycles. The first-order valence-electron chi connectivity index (χ1n) is 5.64. The molecule has 1 aliphatic rings. The summed E-state index contributed by atoms with van der Waals surface area (Å²) in [7, 11) is 0. The molecule has 1 atom stereocenters. The fourth-order valence-electron chi connectivity index (χ4n) is 1.41. The van der Waals surface area contributed by atoms with Crippen LogP contribution in [0.5, 0.6) is 5.75 Å². The van der Waals surface area contributed by atoms with Gasteiger partial charge in [0.1, 0.15) is 18.5 Å². The highest BCUT2D eigenvalue weighted by molar-refractivity contribution is 6.42. The molecule has 0 aliphatic heterocycles. The number of aliphatic hydroxyl groups excluding tert-OH is 1. The van der Waals surface area contributed by atoms with E-state index < -0.39 is 6.10 Å². The molecule has 0 spiro atoms. The highest BCUT2D eigenvalue weighted by Gasteiger charge is 2.21. The largest absolute Gasteiger partial charge is 0.491 e. The molecule has 2 rings (SSSR count). The number of aliphatic hydroxyl groups is 1. The average Bonchev–Trinajstić information content (AvgIpc) is 3.12. The van der Waals surface area contributed by atoms with Crippen molar-refractivity contribution in [3.8, 4) is 5.75 Å². The van der Waals surface area contributed by atoms with E-state index in [-0.39, 0.29) is 6.61 Å². The number of hydrogen-bond acceptors (Lipinski definition) is 3. The average molecular weight is 276 g/mol. The van der Waals surface area contributed by atoms with Gasteiger partial charge in [0.25, 0.3) is 0 Å². The van der Waals surface area contributed by atoms with Gasteiger partial charge in [-0.2, -0.15) is 0 Å². The van der Waals surface area contributed by atoms with E-state index in [4.69, 9.17) is 27.9 Å². The summed E-state index contributed by atoms with van der Waals surface area (Å²) in [6.07, 6.45) is 1.91. The lowest BCUT2D eigenvalue weighted by atomic mass is 10.3. The molecule has 1 aromatic rings. The van der Waals surface area contributed by atoms with Gasteiger partial charge in [0.2, 0.25) is 0 Å². The zero-order valence-electron chi connectivity index (χ0n) is 9.33. The van der Waals surface area contributed by atoms with Crippen molar-refractivity contribution in [3.05, 3.63) is 28.2 Å². The molecule has 1 fully saturated rings. The van der Waals surface area contributed by atoms with Crippen molar-refractivity contribution in [2.75, 3.05) is 13.2 Å². The number of benzene rings is 1. The Bertz CT molecular complexity index is 383. The Morgan fingerprint density at radius 2 is 2.12 bits per heavy atom. The molecule has 5 heteroatoms. The van der Waals surface area contributed by atoms with E-state index in [1.165, 1.54) is 12.8 Å². The van der Waals surface area contributed by atoms with Crippen molar-refractivity contribution in [2.45, 2.75) is 25.0 Å². The van der Waals surface area contributed by atoms with Crippen LogP contribution in [0, 0.1) is 0 Å². The summed E-state index contributed by atoms with van der Waals surface area (Å²) < 4.78 is 5.42. The normalized spacial score (nSPS) is 16.9. The third kappa shape index (κ3) is 4.36. The highest BCUT2D eigenvalue weighted by Crippen LogP contribution is 2.26. The lowest BCUT2D eigenvalue weighted by Crippen LogP contribution is -2.32. The zero-order valence-corrected chi connectivity index (χ0v) is 10.8. The lowest BCUT2D eigenvalue weighted by molar-refractivity contribution is 0.106. The molecule has 3 nitrogen and oxygen atoms in total. The van der Waals surface area contributed by atoms with E-state index >= 15 is 0 Å². The van der Waals surface area contributed by atoms with E-state index in [1.807, 2.05) is 0 Å². The molecular formula is C12H15Cl2NO2. The standard InChI is InChI=1S/C12H15Cl2NO2/c13-11-4-3-10(5-12(11)14)17-7-9(16)6-15-8-1-2-8/h3-5,8-9,15-16H,1-2,6-7H2. The molecular weight excluding hydrogens is 261 g/mol. The minimum Gasteiger partial charge on any atom is -0.491 e. The molecule has 94 valence electrons. The van der Waals surface area contributed by atoms with Gasteiger partial charge in [0.05, 0.1) is 10.0 Å². The molecule has 0 saturated heterocycles. The number of halogens is 2. The van der Waals surface area contributed by atoms with E-state index in [1.54, 1.807) is 18.2 Å². The first-order valence-corrected chi connectivity index (χ1v) is 6.40. The summed E-state index contributed by atoms with van der Waals surface area (Å²) >= 11 is 11.6. The molecule has 0 bridgehead atoms. The Morgan fingerprint density at radius 3 is 2.76 bits per heavy atom. The first kappa shape index (κ1) is 13.0. The lowest BCUT2D eigenvalue weighted by Gasteiger charge is -2.13. The predicted octanol–water partition coefficient (Wildman–Crippen LogP) is 2.49. The maximum Gasteiger partial charge on any atom is 0.121 e. The topological polar surface area (TPSA) is 41.5 Å². The summed E-state index contributed by atoms with van der Waals surface area (Å²) in [5.74, 6) is 0.616. The quantitative estimate of drug-likeness (QED) is 0.838. The van der Waals surface area contributed by atoms with Crippen molar-refractivity contribution in [1.29, 1.82) is 0 Å². The number of ether oxygens (including phenoxy) is 1. The van der Waals surface area contributed by atoms with Gasteiger partial charge in [-0.1, -0.05) is 23.2 Å². The third-order valence-electron chi connectivity index (χ3n) is 2.55. The van der Waals surface area contributed by atoms with Crippen LogP contribution in [0.2, 0.25) is 10.0 Å². The van der Waals surface area contributed by atoms with Gasteiger partial charge in [-0.05, 0) is 25.0 Å². The maximum absolute atomic E-state index is 9.66. The van der Waals surface area contributed by atoms with Gasteiger partial charge in [-0.25, -0.2) is 0 Å². The van der Waals surface area contributed by atoms with Crippen molar-refractivity contribution >= 4 is 23.2 Å². The minimum atomic E-state index is -0.509. The minimum absolute atomic E-state index is 0.248. The summed E-state index contributed by atoms with van der Waals surface area (Å²) in [6, 6.07) is 5.64. The summed E-state index contributed by atoms with van der Waals surface area (Å²) in [5, 5.41) is 13.8. The Kier molecular flexibility index (Phi) is 4.51. The van der Waals surface area contributed by atoms with E-state index in [9.17, 15) is 5.11 Å². The van der Waals surface area contributed by atoms with Crippen LogP contribution in [0.3, 0.4) is 0 Å². The van der Waals surface area contributed by atoms with Crippen molar-refractivity contribution in [3.63, 3.8) is 0 Å². The second-order valence-corrected chi connectivity index (χ2v) is 5.04. The first-order chi connectivity index (χ1) is 8.15. The van der Waals surface area contributed by atoms with Crippen LogP contribution in [0.1, 0.15) is 12.8 Å². The molecule has 1 unspecified atom stereocenters. The van der Waals surface area contributed by atoms with Gasteiger partial charge < -0.3 is 15.2 Å². The zero-order chi connectivity index (χ0) is 12.3. The van der Waals surface area contributed by atoms with Gasteiger partial charge in [-0.3, -0.25) is 0 Å². The van der Waals surface area contributed by atoms with Crippen molar-refractivity contribution < 1.29 is 9.84 Å². The molecule has 0 aromatic heterocycles. The second kappa shape index (κ2) is 5.91. The summed E-state index contributed by atoms with van der Waals surface area (Å²) in [6.45, 7) is 0.809. The SMILES string of the molecule is OC(CNC1CC1)COc1ccc(Cl)c(Cl)c1. The smallest absolute Gasteiger partial charge is 0.121 e. The van der Waals surface area contributed by atoms with Gasteiger partial charge in [0, 0.05) is 18.7 Å². The van der Waals surface area contributed by atoms with E-state index in [0.717, 1.165) is 0 Å². The van der Waals surface area contributed by atoms with Gasteiger partial charge >= 0.3 is 0 Å². The van der Waals surface area contributed by atoms with E-state index in [2.05, 4.69) is 5.32 Å². The van der Waals surface area contributed by atoms with Gasteiger partial charge in [0.15, 0.2) is 0 Å². The Morgan fingerprint density at radius 1 is 1.35 bits per heavy atom. The molecule has 1 aromatic carbocycles. The van der Waals surface area contributed by atoms with Crippen LogP contribution in [0.4, 0.5) is 0 Å². The molecule has 2 N–H and O–H groups in total. The van der Waals surface area contributed by atoms with Crippen LogP contribution in [0.15, 0.2) is 18.2 Å². The van der Waals surface area contributed by atoms with Crippen LogP contribution >= 0.6 is 23.2 Å². The van der Waals surface area contributed by atoms with Crippen LogP contribution in [-0.2, 0) is 0 Å². The molecule has 0 heterocycles. The van der Waals surface area contributed by atoms with E-state index in [0.29, 0.717) is 28.4 Å². The number of hydrogen-bond donors (Lipinski definition) is 2. The van der Waals surface area contributed by atoms with Crippen molar-refractivity contribution in [2.24, 2.45) is 0 Å². The van der Waals surface area contributed by atoms with Crippen LogP contribution < -0.4 is 10.1 Å². The fourth-order valence-corrected chi connectivity index (χ4v) is 1.70. The Hall–Kier alpha value is -0.480. The third-order valence-corrected chi connectivity index (χ3v) is 3.29. The molecule has 1 saturated carbocycles. The highest BCUT2D eigenvalue weighted by atomic mass is 35.5. The Labute approximate surface area is 111 Å². The Balaban J connectivity index is 1.73. The monoisotopic (exact) mass is 275 g/mol. The van der Waals surface area contributed by atoms with Gasteiger partial charge in [-0.15, -0.1) is 0 Å². The second-order valence-electron chi connectivity index (χ2n) is 4.22. The molecule has 17 heavy (non-hydrogen) atoms. The summed E-state index contributed by atoms with van der Waals surface area (Å²) in [5.41, 5.74) is 0. The maximum atomic E-state index is 9.66. The van der Waals surface area contributed by atoms with Crippen molar-refractivity contribution in [1.82, 2.24) is 5.32 Å². The van der Waals surface area contributed by atoms with Crippen LogP contribution in [0.25, 0.3) is 0 Å². The fraction of sp³-hybridized carbons (Fsp3) is 0.500. The molecule has 0 amide bonds. The summed E-state index contributed by atoms with van der Waals surface area (Å²) in [4.78, 5) is 0. The predicted molar refractivity (Wildman–Crippen MR) is 69.0 cm³/mol. The molecule has 0 radical (unpaired) electrons. The van der Waals surface area contributed by atoms with Crippen LogP contribution in [-0.4, -0.2) is 30.4 Å². The number of nitrogens with one attached hydrogen (secondary N) is 1. The number of rotatable bonds is 6.